The minimum atomic E-state index is -0.322. The Morgan fingerprint density at radius 3 is 2.49 bits per heavy atom. The Labute approximate surface area is 215 Å². The molecule has 1 saturated heterocycles. The summed E-state index contributed by atoms with van der Waals surface area (Å²) in [5.41, 5.74) is 2.45. The van der Waals surface area contributed by atoms with E-state index in [9.17, 15) is 9.59 Å². The van der Waals surface area contributed by atoms with Crippen molar-refractivity contribution in [1.82, 2.24) is 4.90 Å². The summed E-state index contributed by atoms with van der Waals surface area (Å²) in [5, 5.41) is 3.73. The van der Waals surface area contributed by atoms with E-state index in [1.807, 2.05) is 58.9 Å². The Bertz CT molecular complexity index is 1160. The van der Waals surface area contributed by atoms with Gasteiger partial charge in [0.05, 0.1) is 17.0 Å². The summed E-state index contributed by atoms with van der Waals surface area (Å²) >= 11 is 7.82. The highest BCUT2D eigenvalue weighted by Gasteiger charge is 2.35. The van der Waals surface area contributed by atoms with Crippen molar-refractivity contribution in [3.8, 4) is 11.5 Å². The summed E-state index contributed by atoms with van der Waals surface area (Å²) in [5.74, 6) is 0.191. The number of hydrogen-bond donors (Lipinski definition) is 1. The SMILES string of the molecule is COc1cc(/C=C2/SC(=NC(C)C)N(C(C)C)C2=O)cc(Cl)c1OCC(=O)Nc1ccc(C)cc1. The van der Waals surface area contributed by atoms with Gasteiger partial charge in [-0.05, 0) is 82.3 Å². The number of ether oxygens (including phenoxy) is 2. The minimum absolute atomic E-state index is 0.0154. The summed E-state index contributed by atoms with van der Waals surface area (Å²) in [6.45, 7) is 9.60. The van der Waals surface area contributed by atoms with Crippen molar-refractivity contribution in [1.29, 1.82) is 0 Å². The van der Waals surface area contributed by atoms with Gasteiger partial charge in [0.25, 0.3) is 11.8 Å². The average molecular weight is 516 g/mol. The molecule has 0 saturated carbocycles. The fraction of sp³-hybridized carbons (Fsp3) is 0.346. The molecule has 3 rings (SSSR count). The molecule has 9 heteroatoms. The molecule has 0 spiro atoms. The van der Waals surface area contributed by atoms with Gasteiger partial charge in [-0.3, -0.25) is 19.5 Å². The Morgan fingerprint density at radius 2 is 1.89 bits per heavy atom. The van der Waals surface area contributed by atoms with E-state index in [4.69, 9.17) is 21.1 Å². The van der Waals surface area contributed by atoms with Gasteiger partial charge in [0.15, 0.2) is 23.3 Å². The number of nitrogens with zero attached hydrogens (tertiary/aromatic N) is 2. The molecule has 1 N–H and O–H groups in total. The molecule has 1 aliphatic heterocycles. The zero-order valence-corrected chi connectivity index (χ0v) is 22.3. The third-order valence-electron chi connectivity index (χ3n) is 4.95. The number of amidine groups is 1. The summed E-state index contributed by atoms with van der Waals surface area (Å²) in [6.07, 6.45) is 1.76. The molecule has 0 aliphatic carbocycles. The Hall–Kier alpha value is -2.97. The van der Waals surface area contributed by atoms with Crippen LogP contribution in [-0.2, 0) is 9.59 Å². The highest BCUT2D eigenvalue weighted by molar-refractivity contribution is 8.18. The van der Waals surface area contributed by atoms with Gasteiger partial charge in [-0.2, -0.15) is 0 Å². The Morgan fingerprint density at radius 1 is 1.20 bits per heavy atom. The number of thioether (sulfide) groups is 1. The Balaban J connectivity index is 1.78. The summed E-state index contributed by atoms with van der Waals surface area (Å²) in [4.78, 5) is 32.2. The van der Waals surface area contributed by atoms with Crippen molar-refractivity contribution in [2.24, 2.45) is 4.99 Å². The molecule has 2 amide bonds. The molecular formula is C26H30ClN3O4S. The molecule has 2 aromatic carbocycles. The number of amides is 2. The van der Waals surface area contributed by atoms with Crippen molar-refractivity contribution in [3.05, 3.63) is 57.5 Å². The molecule has 0 unspecified atom stereocenters. The number of anilines is 1. The topological polar surface area (TPSA) is 80.2 Å². The first-order valence-electron chi connectivity index (χ1n) is 11.3. The van der Waals surface area contributed by atoms with Gasteiger partial charge in [0.1, 0.15) is 0 Å². The van der Waals surface area contributed by atoms with Crippen molar-refractivity contribution in [2.75, 3.05) is 19.0 Å². The third-order valence-corrected chi connectivity index (χ3v) is 6.23. The van der Waals surface area contributed by atoms with E-state index in [0.717, 1.165) is 5.56 Å². The molecule has 7 nitrogen and oxygen atoms in total. The van der Waals surface area contributed by atoms with Crippen LogP contribution in [0.5, 0.6) is 11.5 Å². The number of carbonyl (C=O) groups is 2. The molecule has 35 heavy (non-hydrogen) atoms. The number of aliphatic imine (C=N–C) groups is 1. The molecule has 0 radical (unpaired) electrons. The fourth-order valence-electron chi connectivity index (χ4n) is 3.34. The van der Waals surface area contributed by atoms with Gasteiger partial charge < -0.3 is 14.8 Å². The van der Waals surface area contributed by atoms with Gasteiger partial charge in [0.2, 0.25) is 0 Å². The maximum absolute atomic E-state index is 13.0. The number of nitrogens with one attached hydrogen (secondary N) is 1. The van der Waals surface area contributed by atoms with Crippen LogP contribution in [0.4, 0.5) is 5.69 Å². The van der Waals surface area contributed by atoms with Crippen LogP contribution in [0.25, 0.3) is 6.08 Å². The number of carbonyl (C=O) groups excluding carboxylic acids is 2. The molecule has 0 atom stereocenters. The van der Waals surface area contributed by atoms with Crippen molar-refractivity contribution in [3.63, 3.8) is 0 Å². The van der Waals surface area contributed by atoms with E-state index in [0.29, 0.717) is 27.1 Å². The zero-order chi connectivity index (χ0) is 25.7. The second-order valence-corrected chi connectivity index (χ2v) is 10.0. The molecule has 0 bridgehead atoms. The lowest BCUT2D eigenvalue weighted by atomic mass is 10.1. The van der Waals surface area contributed by atoms with Gasteiger partial charge in [-0.1, -0.05) is 29.3 Å². The summed E-state index contributed by atoms with van der Waals surface area (Å²) in [6, 6.07) is 10.9. The highest BCUT2D eigenvalue weighted by atomic mass is 35.5. The molecule has 0 aromatic heterocycles. The lowest BCUT2D eigenvalue weighted by Crippen LogP contribution is -2.35. The molecule has 1 aliphatic rings. The van der Waals surface area contributed by atoms with E-state index in [1.54, 1.807) is 23.1 Å². The van der Waals surface area contributed by atoms with E-state index in [1.165, 1.54) is 18.9 Å². The standard InChI is InChI=1S/C26H30ClN3O4S/c1-15(2)28-26-30(16(3)4)25(32)22(35-26)13-18-11-20(27)24(21(12-18)33-6)34-14-23(31)29-19-9-7-17(5)8-10-19/h7-13,15-16H,14H2,1-6H3,(H,29,31)/b22-13+,28-26?. The predicted molar refractivity (Wildman–Crippen MR) is 143 cm³/mol. The second kappa shape index (κ2) is 11.6. The number of methoxy groups -OCH3 is 1. The van der Waals surface area contributed by atoms with Crippen molar-refractivity contribution in [2.45, 2.75) is 46.7 Å². The molecule has 2 aromatic rings. The molecule has 186 valence electrons. The monoisotopic (exact) mass is 515 g/mol. The van der Waals surface area contributed by atoms with Gasteiger partial charge in [0, 0.05) is 17.8 Å². The third kappa shape index (κ3) is 6.80. The van der Waals surface area contributed by atoms with Crippen LogP contribution in [-0.4, -0.2) is 47.7 Å². The van der Waals surface area contributed by atoms with Crippen LogP contribution in [0.2, 0.25) is 5.02 Å². The maximum Gasteiger partial charge on any atom is 0.266 e. The van der Waals surface area contributed by atoms with Crippen LogP contribution < -0.4 is 14.8 Å². The minimum Gasteiger partial charge on any atom is -0.493 e. The van der Waals surface area contributed by atoms with E-state index >= 15 is 0 Å². The first-order chi connectivity index (χ1) is 16.6. The normalized spacial score (nSPS) is 16.0. The second-order valence-electron chi connectivity index (χ2n) is 8.62. The van der Waals surface area contributed by atoms with Gasteiger partial charge in [-0.25, -0.2) is 0 Å². The number of benzene rings is 2. The lowest BCUT2D eigenvalue weighted by molar-refractivity contribution is -0.123. The Kier molecular flexibility index (Phi) is 8.86. The summed E-state index contributed by atoms with van der Waals surface area (Å²) in [7, 11) is 1.49. The van der Waals surface area contributed by atoms with E-state index in [-0.39, 0.29) is 41.3 Å². The molecule has 1 heterocycles. The maximum atomic E-state index is 13.0. The first kappa shape index (κ1) is 26.6. The van der Waals surface area contributed by atoms with Crippen molar-refractivity contribution >= 4 is 52.1 Å². The van der Waals surface area contributed by atoms with Gasteiger partial charge >= 0.3 is 0 Å². The van der Waals surface area contributed by atoms with Gasteiger partial charge in [-0.15, -0.1) is 0 Å². The zero-order valence-electron chi connectivity index (χ0n) is 20.7. The highest BCUT2D eigenvalue weighted by Crippen LogP contribution is 2.39. The van der Waals surface area contributed by atoms with Crippen LogP contribution in [0.3, 0.4) is 0 Å². The number of halogens is 1. The number of hydrogen-bond acceptors (Lipinski definition) is 6. The van der Waals surface area contributed by atoms with Crippen LogP contribution in [0, 0.1) is 6.92 Å². The molecule has 1 fully saturated rings. The van der Waals surface area contributed by atoms with E-state index in [2.05, 4.69) is 10.3 Å². The number of aryl methyl sites for hydroxylation is 1. The van der Waals surface area contributed by atoms with Crippen LogP contribution in [0.15, 0.2) is 46.3 Å². The lowest BCUT2D eigenvalue weighted by Gasteiger charge is -2.20. The van der Waals surface area contributed by atoms with Crippen molar-refractivity contribution < 1.29 is 19.1 Å². The molecular weight excluding hydrogens is 486 g/mol. The smallest absolute Gasteiger partial charge is 0.266 e. The summed E-state index contributed by atoms with van der Waals surface area (Å²) < 4.78 is 11.1. The first-order valence-corrected chi connectivity index (χ1v) is 12.5. The van der Waals surface area contributed by atoms with Crippen LogP contribution in [0.1, 0.15) is 38.8 Å². The fourth-order valence-corrected chi connectivity index (χ4v) is 4.85. The largest absolute Gasteiger partial charge is 0.493 e. The quantitative estimate of drug-likeness (QED) is 0.452. The number of rotatable bonds is 8. The van der Waals surface area contributed by atoms with Crippen LogP contribution >= 0.6 is 23.4 Å². The van der Waals surface area contributed by atoms with E-state index < -0.39 is 0 Å². The average Bonchev–Trinajstić information content (AvgIpc) is 3.08. The predicted octanol–water partition coefficient (Wildman–Crippen LogP) is 5.76.